The second-order valence-corrected chi connectivity index (χ2v) is 4.65. The van der Waals surface area contributed by atoms with E-state index in [1.165, 1.54) is 13.0 Å². The Bertz CT molecular complexity index is 652. The highest BCUT2D eigenvalue weighted by atomic mass is 19.4. The van der Waals surface area contributed by atoms with Gasteiger partial charge in [-0.15, -0.1) is 13.2 Å². The van der Waals surface area contributed by atoms with E-state index in [1.54, 1.807) is 24.3 Å². The van der Waals surface area contributed by atoms with Gasteiger partial charge in [-0.1, -0.05) is 24.3 Å². The smallest absolute Gasteiger partial charge is 0.406 e. The summed E-state index contributed by atoms with van der Waals surface area (Å²) in [7, 11) is 0. The van der Waals surface area contributed by atoms with E-state index in [1.807, 2.05) is 6.07 Å². The van der Waals surface area contributed by atoms with Crippen LogP contribution < -0.4 is 10.7 Å². The fourth-order valence-electron chi connectivity index (χ4n) is 1.86. The van der Waals surface area contributed by atoms with Crippen LogP contribution in [0.15, 0.2) is 59.4 Å². The molecule has 0 aromatic heterocycles. The normalized spacial score (nSPS) is 19.2. The van der Waals surface area contributed by atoms with Crippen LogP contribution in [0.5, 0.6) is 0 Å². The molecule has 1 atom stereocenters. The highest BCUT2D eigenvalue weighted by Crippen LogP contribution is 2.23. The molecule has 1 unspecified atom stereocenters. The predicted octanol–water partition coefficient (Wildman–Crippen LogP) is 2.95. The molecule has 1 aliphatic carbocycles. The fourth-order valence-corrected chi connectivity index (χ4v) is 1.86. The Kier molecular flexibility index (Phi) is 5.05. The third kappa shape index (κ3) is 5.50. The maximum absolute atomic E-state index is 12.3. The van der Waals surface area contributed by atoms with Gasteiger partial charge in [0.25, 0.3) is 0 Å². The molecule has 8 heteroatoms. The second-order valence-electron chi connectivity index (χ2n) is 4.65. The molecule has 0 bridgehead atoms. The number of amides is 1. The van der Waals surface area contributed by atoms with Crippen molar-refractivity contribution in [2.24, 2.45) is 5.10 Å². The van der Waals surface area contributed by atoms with Gasteiger partial charge in [0.05, 0.1) is 17.4 Å². The summed E-state index contributed by atoms with van der Waals surface area (Å²) < 4.78 is 40.8. The largest absolute Gasteiger partial charge is 0.573 e. The van der Waals surface area contributed by atoms with E-state index < -0.39 is 18.2 Å². The number of carbonyl (C=O) groups excluding carboxylic acids is 1. The number of nitrogens with one attached hydrogen (secondary N) is 2. The Morgan fingerprint density at radius 3 is 2.57 bits per heavy atom. The minimum Gasteiger partial charge on any atom is -0.406 e. The Balaban J connectivity index is 2.20. The van der Waals surface area contributed by atoms with Gasteiger partial charge in [-0.2, -0.15) is 5.10 Å². The monoisotopic (exact) mass is 325 g/mol. The molecule has 1 aromatic rings. The third-order valence-electron chi connectivity index (χ3n) is 2.74. The molecule has 0 heterocycles. The third-order valence-corrected chi connectivity index (χ3v) is 2.74. The van der Waals surface area contributed by atoms with E-state index >= 15 is 0 Å². The van der Waals surface area contributed by atoms with Gasteiger partial charge in [0.15, 0.2) is 0 Å². The number of rotatable bonds is 4. The molecule has 0 radical (unpaired) electrons. The first-order valence-corrected chi connectivity index (χ1v) is 6.65. The maximum Gasteiger partial charge on any atom is 0.573 e. The van der Waals surface area contributed by atoms with Crippen molar-refractivity contribution in [3.05, 3.63) is 54.3 Å². The predicted molar refractivity (Wildman–Crippen MR) is 79.5 cm³/mol. The van der Waals surface area contributed by atoms with Crippen molar-refractivity contribution in [3.8, 4) is 0 Å². The highest BCUT2D eigenvalue weighted by molar-refractivity contribution is 6.04. The summed E-state index contributed by atoms with van der Waals surface area (Å²) >= 11 is 0. The van der Waals surface area contributed by atoms with Crippen molar-refractivity contribution >= 4 is 17.3 Å². The molecular weight excluding hydrogens is 311 g/mol. The molecule has 23 heavy (non-hydrogen) atoms. The van der Waals surface area contributed by atoms with Crippen LogP contribution >= 0.6 is 0 Å². The molecule has 2 N–H and O–H groups in total. The summed E-state index contributed by atoms with van der Waals surface area (Å²) in [5.74, 6) is -0.742. The zero-order valence-electron chi connectivity index (χ0n) is 12.1. The minimum absolute atomic E-state index is 0.186. The number of hydrogen-bond acceptors (Lipinski definition) is 4. The van der Waals surface area contributed by atoms with Gasteiger partial charge in [0, 0.05) is 13.0 Å². The number of ether oxygens (including phenoxy) is 1. The first-order valence-electron chi connectivity index (χ1n) is 6.65. The fraction of sp³-hybridized carbons (Fsp3) is 0.200. The van der Waals surface area contributed by atoms with Gasteiger partial charge in [0.1, 0.15) is 5.76 Å². The molecule has 0 saturated carbocycles. The molecule has 1 aromatic carbocycles. The molecule has 122 valence electrons. The Morgan fingerprint density at radius 1 is 1.26 bits per heavy atom. The lowest BCUT2D eigenvalue weighted by Crippen LogP contribution is -2.39. The van der Waals surface area contributed by atoms with E-state index in [0.717, 1.165) is 12.2 Å². The molecule has 1 aliphatic rings. The Hall–Kier alpha value is -2.77. The molecule has 0 saturated heterocycles. The van der Waals surface area contributed by atoms with Crippen molar-refractivity contribution in [2.45, 2.75) is 19.3 Å². The van der Waals surface area contributed by atoms with Gasteiger partial charge in [-0.25, -0.2) is 0 Å². The van der Waals surface area contributed by atoms with Crippen LogP contribution in [0.4, 0.5) is 18.9 Å². The minimum atomic E-state index is -4.80. The molecule has 0 spiro atoms. The van der Waals surface area contributed by atoms with Gasteiger partial charge in [-0.05, 0) is 18.2 Å². The number of hydrazone groups is 1. The number of para-hydroxylation sites is 1. The molecular formula is C15H14F3N3O2. The van der Waals surface area contributed by atoms with E-state index in [9.17, 15) is 18.0 Å². The lowest BCUT2D eigenvalue weighted by molar-refractivity contribution is -0.303. The molecule has 2 rings (SSSR count). The molecule has 0 fully saturated rings. The summed E-state index contributed by atoms with van der Waals surface area (Å²) in [6.07, 6.45) is -1.18. The van der Waals surface area contributed by atoms with Crippen LogP contribution in [0, 0.1) is 0 Å². The van der Waals surface area contributed by atoms with E-state index in [2.05, 4.69) is 20.6 Å². The molecule has 0 aliphatic heterocycles. The van der Waals surface area contributed by atoms with Crippen LogP contribution in [0.3, 0.4) is 0 Å². The summed E-state index contributed by atoms with van der Waals surface area (Å²) in [5.41, 5.74) is 3.56. The van der Waals surface area contributed by atoms with Crippen molar-refractivity contribution in [1.82, 2.24) is 5.32 Å². The van der Waals surface area contributed by atoms with Gasteiger partial charge < -0.3 is 10.1 Å². The summed E-state index contributed by atoms with van der Waals surface area (Å²) in [6, 6.07) is 8.21. The lowest BCUT2D eigenvalue weighted by Gasteiger charge is -2.20. The molecule has 1 amide bonds. The average Bonchev–Trinajstić information content (AvgIpc) is 2.46. The van der Waals surface area contributed by atoms with Gasteiger partial charge >= 0.3 is 6.36 Å². The second kappa shape index (κ2) is 6.99. The maximum atomic E-state index is 12.3. The van der Waals surface area contributed by atoms with E-state index in [4.69, 9.17) is 0 Å². The Labute approximate surface area is 130 Å². The van der Waals surface area contributed by atoms with Gasteiger partial charge in [-0.3, -0.25) is 10.2 Å². The van der Waals surface area contributed by atoms with Crippen LogP contribution in [-0.2, 0) is 9.53 Å². The van der Waals surface area contributed by atoms with Crippen molar-refractivity contribution in [1.29, 1.82) is 0 Å². The quantitative estimate of drug-likeness (QED) is 0.837. The van der Waals surface area contributed by atoms with Crippen LogP contribution in [0.25, 0.3) is 0 Å². The van der Waals surface area contributed by atoms with Crippen LogP contribution in [-0.4, -0.2) is 24.0 Å². The zero-order chi connectivity index (χ0) is 16.9. The number of halogens is 3. The summed E-state index contributed by atoms with van der Waals surface area (Å²) in [5, 5.41) is 6.62. The Morgan fingerprint density at radius 2 is 1.96 bits per heavy atom. The first kappa shape index (κ1) is 16.6. The van der Waals surface area contributed by atoms with Crippen molar-refractivity contribution in [3.63, 3.8) is 0 Å². The molecule has 5 nitrogen and oxygen atoms in total. The number of allylic oxidation sites excluding steroid dienone is 1. The number of benzene rings is 1. The highest BCUT2D eigenvalue weighted by Gasteiger charge is 2.32. The number of hydrogen-bond donors (Lipinski definition) is 2. The average molecular weight is 325 g/mol. The number of carbonyl (C=O) groups is 1. The van der Waals surface area contributed by atoms with E-state index in [0.29, 0.717) is 5.69 Å². The van der Waals surface area contributed by atoms with E-state index in [-0.39, 0.29) is 11.6 Å². The number of nitrogens with zero attached hydrogens (tertiary/aromatic N) is 1. The first-order chi connectivity index (χ1) is 10.8. The SMILES string of the molecule is CC(=O)NC1C=CC(OC(F)(F)F)=C/C1=N/Nc1ccccc1. The van der Waals surface area contributed by atoms with Crippen molar-refractivity contribution in [2.75, 3.05) is 5.43 Å². The topological polar surface area (TPSA) is 62.7 Å². The standard InChI is InChI=1S/C15H14F3N3O2/c1-10(22)19-13-8-7-12(23-15(16,17)18)9-14(13)21-20-11-5-3-2-4-6-11/h2-9,13,20H,1H3,(H,19,22)/b21-14-. The van der Waals surface area contributed by atoms with Gasteiger partial charge in [0.2, 0.25) is 5.91 Å². The van der Waals surface area contributed by atoms with Crippen LogP contribution in [0.2, 0.25) is 0 Å². The lowest BCUT2D eigenvalue weighted by atomic mass is 10.1. The van der Waals surface area contributed by atoms with Crippen molar-refractivity contribution < 1.29 is 22.7 Å². The summed E-state index contributed by atoms with van der Waals surface area (Å²) in [4.78, 5) is 11.2. The number of anilines is 1. The zero-order valence-corrected chi connectivity index (χ0v) is 12.1. The van der Waals surface area contributed by atoms with Crippen LogP contribution in [0.1, 0.15) is 6.92 Å². The number of alkyl halides is 3. The summed E-state index contributed by atoms with van der Waals surface area (Å²) in [6.45, 7) is 1.31.